The molecule has 0 radical (unpaired) electrons. The molecule has 0 aliphatic rings. The average molecular weight is 306 g/mol. The molecule has 0 spiro atoms. The molecule has 7 heteroatoms. The van der Waals surface area contributed by atoms with Gasteiger partial charge in [-0.1, -0.05) is 0 Å². The number of aliphatic carboxylic acids is 1. The summed E-state index contributed by atoms with van der Waals surface area (Å²) < 4.78 is 21.0. The van der Waals surface area contributed by atoms with Crippen molar-refractivity contribution < 1.29 is 33.6 Å². The van der Waals surface area contributed by atoms with Crippen LogP contribution in [0.4, 0.5) is 0 Å². The highest BCUT2D eigenvalue weighted by molar-refractivity contribution is 5.71. The van der Waals surface area contributed by atoms with Crippen LogP contribution in [0.1, 0.15) is 47.0 Å². The fourth-order valence-corrected chi connectivity index (χ4v) is 1.43. The largest absolute Gasteiger partial charge is 0.481 e. The number of esters is 1. The molecule has 0 unspecified atom stereocenters. The third-order valence-corrected chi connectivity index (χ3v) is 2.18. The Kier molecular flexibility index (Phi) is 10.8. The SMILES string of the molecule is CC(C)OC(COCOC(=O)CCCC(=O)O)OC(C)C. The van der Waals surface area contributed by atoms with Crippen molar-refractivity contribution in [3.63, 3.8) is 0 Å². The van der Waals surface area contributed by atoms with E-state index in [4.69, 9.17) is 24.1 Å². The minimum absolute atomic E-state index is 0.00378. The summed E-state index contributed by atoms with van der Waals surface area (Å²) in [7, 11) is 0. The number of ether oxygens (including phenoxy) is 4. The van der Waals surface area contributed by atoms with Gasteiger partial charge in [-0.25, -0.2) is 0 Å². The Bertz CT molecular complexity index is 292. The molecule has 1 N–H and O–H groups in total. The van der Waals surface area contributed by atoms with Gasteiger partial charge in [-0.15, -0.1) is 0 Å². The standard InChI is InChI=1S/C14H26O7/c1-10(2)20-14(21-11(3)4)8-18-9-19-13(17)7-5-6-12(15)16/h10-11,14H,5-9H2,1-4H3,(H,15,16). The molecule has 0 aliphatic carbocycles. The summed E-state index contributed by atoms with van der Waals surface area (Å²) >= 11 is 0. The number of carbonyl (C=O) groups is 2. The Morgan fingerprint density at radius 3 is 2.05 bits per heavy atom. The first-order valence-corrected chi connectivity index (χ1v) is 7.07. The van der Waals surface area contributed by atoms with E-state index in [1.165, 1.54) is 0 Å². The van der Waals surface area contributed by atoms with E-state index in [-0.39, 0.29) is 44.9 Å². The van der Waals surface area contributed by atoms with E-state index in [2.05, 4.69) is 0 Å². The van der Waals surface area contributed by atoms with E-state index in [0.29, 0.717) is 0 Å². The molecule has 7 nitrogen and oxygen atoms in total. The minimum Gasteiger partial charge on any atom is -0.481 e. The van der Waals surface area contributed by atoms with Crippen molar-refractivity contribution in [3.05, 3.63) is 0 Å². The zero-order valence-corrected chi connectivity index (χ0v) is 13.2. The van der Waals surface area contributed by atoms with E-state index < -0.39 is 18.2 Å². The van der Waals surface area contributed by atoms with Gasteiger partial charge in [0.25, 0.3) is 0 Å². The molecule has 0 heterocycles. The predicted octanol–water partition coefficient (Wildman–Crippen LogP) is 1.93. The van der Waals surface area contributed by atoms with Crippen LogP contribution in [-0.2, 0) is 28.5 Å². The topological polar surface area (TPSA) is 91.3 Å². The van der Waals surface area contributed by atoms with Gasteiger partial charge in [0, 0.05) is 12.8 Å². The van der Waals surface area contributed by atoms with Crippen molar-refractivity contribution in [3.8, 4) is 0 Å². The molecule has 0 saturated heterocycles. The molecule has 21 heavy (non-hydrogen) atoms. The summed E-state index contributed by atoms with van der Waals surface area (Å²) in [5.74, 6) is -1.42. The fraction of sp³-hybridized carbons (Fsp3) is 0.857. The highest BCUT2D eigenvalue weighted by Gasteiger charge is 2.14. The first kappa shape index (κ1) is 19.8. The van der Waals surface area contributed by atoms with Crippen LogP contribution in [0.25, 0.3) is 0 Å². The van der Waals surface area contributed by atoms with Gasteiger partial charge in [0.05, 0.1) is 12.2 Å². The summed E-state index contributed by atoms with van der Waals surface area (Å²) in [5.41, 5.74) is 0. The van der Waals surface area contributed by atoms with Crippen molar-refractivity contribution in [1.29, 1.82) is 0 Å². The second-order valence-corrected chi connectivity index (χ2v) is 5.05. The Labute approximate surface area is 125 Å². The smallest absolute Gasteiger partial charge is 0.307 e. The van der Waals surface area contributed by atoms with Crippen molar-refractivity contribution in [2.75, 3.05) is 13.4 Å². The van der Waals surface area contributed by atoms with Gasteiger partial charge in [-0.3, -0.25) is 9.59 Å². The van der Waals surface area contributed by atoms with Gasteiger partial charge in [0.1, 0.15) is 6.61 Å². The van der Waals surface area contributed by atoms with Crippen LogP contribution >= 0.6 is 0 Å². The Hall–Kier alpha value is -1.18. The summed E-state index contributed by atoms with van der Waals surface area (Å²) in [5, 5.41) is 8.44. The van der Waals surface area contributed by atoms with Gasteiger partial charge >= 0.3 is 11.9 Å². The number of carboxylic acid groups (broad SMARTS) is 1. The summed E-state index contributed by atoms with van der Waals surface area (Å²) in [6.45, 7) is 7.50. The molecule has 0 rings (SSSR count). The lowest BCUT2D eigenvalue weighted by Crippen LogP contribution is -2.29. The highest BCUT2D eigenvalue weighted by Crippen LogP contribution is 2.05. The van der Waals surface area contributed by atoms with E-state index >= 15 is 0 Å². The number of hydrogen-bond acceptors (Lipinski definition) is 6. The second-order valence-electron chi connectivity index (χ2n) is 5.05. The van der Waals surface area contributed by atoms with Crippen LogP contribution in [0.2, 0.25) is 0 Å². The van der Waals surface area contributed by atoms with Crippen molar-refractivity contribution in [1.82, 2.24) is 0 Å². The Morgan fingerprint density at radius 2 is 1.57 bits per heavy atom. The molecule has 0 aliphatic heterocycles. The second kappa shape index (κ2) is 11.5. The van der Waals surface area contributed by atoms with Gasteiger partial charge in [0.15, 0.2) is 13.1 Å². The van der Waals surface area contributed by atoms with Gasteiger partial charge in [-0.2, -0.15) is 0 Å². The zero-order valence-electron chi connectivity index (χ0n) is 13.2. The third-order valence-electron chi connectivity index (χ3n) is 2.18. The summed E-state index contributed by atoms with van der Waals surface area (Å²) in [6, 6.07) is 0. The molecule has 0 aromatic carbocycles. The van der Waals surface area contributed by atoms with Crippen LogP contribution in [0.5, 0.6) is 0 Å². The lowest BCUT2D eigenvalue weighted by molar-refractivity contribution is -0.217. The van der Waals surface area contributed by atoms with Crippen molar-refractivity contribution in [2.24, 2.45) is 0 Å². The van der Waals surface area contributed by atoms with Crippen LogP contribution in [0, 0.1) is 0 Å². The molecular weight excluding hydrogens is 280 g/mol. The first-order chi connectivity index (χ1) is 9.81. The van der Waals surface area contributed by atoms with Crippen molar-refractivity contribution in [2.45, 2.75) is 65.5 Å². The normalized spacial score (nSPS) is 11.4. The summed E-state index contributed by atoms with van der Waals surface area (Å²) in [4.78, 5) is 21.6. The third kappa shape index (κ3) is 13.6. The molecule has 0 atom stereocenters. The summed E-state index contributed by atoms with van der Waals surface area (Å²) in [6.07, 6.45) is -0.265. The maximum Gasteiger partial charge on any atom is 0.307 e. The molecule has 0 fully saturated rings. The van der Waals surface area contributed by atoms with E-state index in [0.717, 1.165) is 0 Å². The molecule has 0 saturated carbocycles. The maximum atomic E-state index is 11.3. The number of rotatable bonds is 12. The maximum absolute atomic E-state index is 11.3. The van der Waals surface area contributed by atoms with Gasteiger partial charge in [-0.05, 0) is 34.1 Å². The lowest BCUT2D eigenvalue weighted by Gasteiger charge is -2.22. The van der Waals surface area contributed by atoms with Crippen molar-refractivity contribution >= 4 is 11.9 Å². The first-order valence-electron chi connectivity index (χ1n) is 7.07. The predicted molar refractivity (Wildman–Crippen MR) is 74.6 cm³/mol. The minimum atomic E-state index is -0.932. The van der Waals surface area contributed by atoms with Gasteiger partial charge < -0.3 is 24.1 Å². The molecule has 0 aromatic heterocycles. The van der Waals surface area contributed by atoms with Crippen LogP contribution in [-0.4, -0.2) is 48.9 Å². The number of hydrogen-bond donors (Lipinski definition) is 1. The highest BCUT2D eigenvalue weighted by atomic mass is 16.7. The molecule has 124 valence electrons. The van der Waals surface area contributed by atoms with Crippen LogP contribution in [0.3, 0.4) is 0 Å². The monoisotopic (exact) mass is 306 g/mol. The Morgan fingerprint density at radius 1 is 1.00 bits per heavy atom. The fourth-order valence-electron chi connectivity index (χ4n) is 1.43. The van der Waals surface area contributed by atoms with E-state index in [1.54, 1.807) is 0 Å². The Balaban J connectivity index is 3.77. The van der Waals surface area contributed by atoms with E-state index in [9.17, 15) is 9.59 Å². The average Bonchev–Trinajstić information content (AvgIpc) is 2.32. The van der Waals surface area contributed by atoms with Gasteiger partial charge in [0.2, 0.25) is 0 Å². The quantitative estimate of drug-likeness (QED) is 0.334. The van der Waals surface area contributed by atoms with Crippen LogP contribution in [0.15, 0.2) is 0 Å². The molecule has 0 bridgehead atoms. The number of carboxylic acids is 1. The number of carbonyl (C=O) groups excluding carboxylic acids is 1. The molecule has 0 amide bonds. The van der Waals surface area contributed by atoms with Crippen LogP contribution < -0.4 is 0 Å². The lowest BCUT2D eigenvalue weighted by atomic mass is 10.2. The molecule has 0 aromatic rings. The molecular formula is C14H26O7. The van der Waals surface area contributed by atoms with E-state index in [1.807, 2.05) is 27.7 Å². The zero-order chi connectivity index (χ0) is 16.3.